The summed E-state index contributed by atoms with van der Waals surface area (Å²) in [6.07, 6.45) is 2.62. The molecule has 2 fully saturated rings. The first kappa shape index (κ1) is 19.9. The SMILES string of the molecule is O=C(N[C@@H](Cc1coc2ccccc12)B(O)O)C(=O)N1CCC2(CC1)OCCO2. The highest BCUT2D eigenvalue weighted by Crippen LogP contribution is 2.31. The molecule has 0 unspecified atom stereocenters. The molecule has 9 nitrogen and oxygen atoms in total. The third kappa shape index (κ3) is 4.15. The number of ether oxygens (including phenoxy) is 2. The van der Waals surface area contributed by atoms with E-state index in [-0.39, 0.29) is 6.42 Å². The molecule has 0 bridgehead atoms. The second-order valence-electron chi connectivity index (χ2n) is 7.35. The van der Waals surface area contributed by atoms with E-state index >= 15 is 0 Å². The van der Waals surface area contributed by atoms with Crippen LogP contribution in [0.5, 0.6) is 0 Å². The summed E-state index contributed by atoms with van der Waals surface area (Å²) in [5.41, 5.74) is 1.37. The monoisotopic (exact) mass is 402 g/mol. The van der Waals surface area contributed by atoms with Crippen LogP contribution in [0.1, 0.15) is 18.4 Å². The standard InChI is InChI=1S/C19H23BN2O7/c23-17(18(24)22-7-5-19(6-8-22)28-9-10-29-19)21-16(20(25)26)11-13-12-27-15-4-2-1-3-14(13)15/h1-4,12,16,25-26H,5-11H2,(H,21,23)/t16-/m0/s1. The Morgan fingerprint density at radius 3 is 2.55 bits per heavy atom. The van der Waals surface area contributed by atoms with Crippen molar-refractivity contribution in [1.82, 2.24) is 10.2 Å². The Hall–Kier alpha value is -2.40. The fourth-order valence-corrected chi connectivity index (χ4v) is 3.87. The molecular weight excluding hydrogens is 379 g/mol. The van der Waals surface area contributed by atoms with Crippen LogP contribution in [0, 0.1) is 0 Å². The van der Waals surface area contributed by atoms with Crippen molar-refractivity contribution in [3.8, 4) is 0 Å². The van der Waals surface area contributed by atoms with Gasteiger partial charge in [0.1, 0.15) is 5.58 Å². The first-order valence-electron chi connectivity index (χ1n) is 9.66. The Bertz CT molecular complexity index is 884. The fraction of sp³-hybridized carbons (Fsp3) is 0.474. The number of hydrogen-bond acceptors (Lipinski definition) is 7. The zero-order valence-corrected chi connectivity index (χ0v) is 15.9. The highest BCUT2D eigenvalue weighted by Gasteiger charge is 2.42. The van der Waals surface area contributed by atoms with Gasteiger partial charge in [0.15, 0.2) is 5.79 Å². The van der Waals surface area contributed by atoms with Gasteiger partial charge in [0, 0.05) is 31.3 Å². The van der Waals surface area contributed by atoms with Crippen LogP contribution in [-0.4, -0.2) is 71.9 Å². The molecule has 2 aliphatic heterocycles. The molecule has 4 rings (SSSR count). The summed E-state index contributed by atoms with van der Waals surface area (Å²) < 4.78 is 16.7. The van der Waals surface area contributed by atoms with Gasteiger partial charge in [-0.2, -0.15) is 0 Å². The summed E-state index contributed by atoms with van der Waals surface area (Å²) in [7, 11) is -1.83. The van der Waals surface area contributed by atoms with Crippen molar-refractivity contribution in [2.24, 2.45) is 0 Å². The number of amides is 2. The molecule has 1 aromatic heterocycles. The predicted molar refractivity (Wildman–Crippen MR) is 102 cm³/mol. The molecule has 0 aliphatic carbocycles. The van der Waals surface area contributed by atoms with E-state index in [2.05, 4.69) is 5.32 Å². The minimum Gasteiger partial charge on any atom is -0.464 e. The number of nitrogens with zero attached hydrogens (tertiary/aromatic N) is 1. The van der Waals surface area contributed by atoms with E-state index in [0.29, 0.717) is 50.3 Å². The van der Waals surface area contributed by atoms with Crippen LogP contribution in [-0.2, 0) is 25.5 Å². The lowest BCUT2D eigenvalue weighted by Crippen LogP contribution is -2.55. The summed E-state index contributed by atoms with van der Waals surface area (Å²) in [5.74, 6) is -3.27. The van der Waals surface area contributed by atoms with E-state index in [0.717, 1.165) is 5.39 Å². The Morgan fingerprint density at radius 2 is 1.86 bits per heavy atom. The number of benzene rings is 1. The molecule has 2 amide bonds. The molecule has 1 atom stereocenters. The van der Waals surface area contributed by atoms with Crippen molar-refractivity contribution in [1.29, 1.82) is 0 Å². The van der Waals surface area contributed by atoms with E-state index in [4.69, 9.17) is 13.9 Å². The highest BCUT2D eigenvalue weighted by atomic mass is 16.7. The van der Waals surface area contributed by atoms with Gasteiger partial charge in [0.2, 0.25) is 0 Å². The largest absolute Gasteiger partial charge is 0.475 e. The molecule has 2 aliphatic rings. The van der Waals surface area contributed by atoms with Gasteiger partial charge < -0.3 is 34.2 Å². The lowest BCUT2D eigenvalue weighted by molar-refractivity contribution is -0.188. The van der Waals surface area contributed by atoms with Gasteiger partial charge >= 0.3 is 18.9 Å². The van der Waals surface area contributed by atoms with E-state index in [9.17, 15) is 19.6 Å². The van der Waals surface area contributed by atoms with Gasteiger partial charge in [-0.15, -0.1) is 0 Å². The third-order valence-electron chi connectivity index (χ3n) is 5.50. The highest BCUT2D eigenvalue weighted by molar-refractivity contribution is 6.45. The molecule has 3 heterocycles. The van der Waals surface area contributed by atoms with Crippen LogP contribution in [0.4, 0.5) is 0 Å². The number of hydrogen-bond donors (Lipinski definition) is 3. The zero-order chi connectivity index (χ0) is 20.4. The van der Waals surface area contributed by atoms with Crippen LogP contribution < -0.4 is 5.32 Å². The normalized spacial score (nSPS) is 19.4. The van der Waals surface area contributed by atoms with Crippen LogP contribution in [0.15, 0.2) is 34.9 Å². The minimum atomic E-state index is -1.83. The molecule has 29 heavy (non-hydrogen) atoms. The van der Waals surface area contributed by atoms with Gasteiger partial charge in [-0.05, 0) is 18.1 Å². The van der Waals surface area contributed by atoms with E-state index < -0.39 is 30.7 Å². The lowest BCUT2D eigenvalue weighted by Gasteiger charge is -2.37. The summed E-state index contributed by atoms with van der Waals surface area (Å²) in [6, 6.07) is 7.32. The first-order valence-corrected chi connectivity index (χ1v) is 9.66. The topological polar surface area (TPSA) is 121 Å². The summed E-state index contributed by atoms with van der Waals surface area (Å²) in [4.78, 5) is 26.4. The van der Waals surface area contributed by atoms with Gasteiger partial charge in [0.25, 0.3) is 0 Å². The summed E-state index contributed by atoms with van der Waals surface area (Å²) >= 11 is 0. The average Bonchev–Trinajstić information content (AvgIpc) is 3.35. The minimum absolute atomic E-state index is 0.110. The molecule has 154 valence electrons. The molecule has 3 N–H and O–H groups in total. The Kier molecular flexibility index (Phi) is 5.59. The van der Waals surface area contributed by atoms with E-state index in [1.54, 1.807) is 6.07 Å². The second kappa shape index (κ2) is 8.15. The number of piperidine rings is 1. The predicted octanol–water partition coefficient (Wildman–Crippen LogP) is -0.162. The Balaban J connectivity index is 1.38. The van der Waals surface area contributed by atoms with Crippen LogP contribution in [0.25, 0.3) is 11.0 Å². The van der Waals surface area contributed by atoms with Gasteiger partial charge in [0.05, 0.1) is 25.4 Å². The Labute approximate surface area is 167 Å². The molecule has 1 aromatic carbocycles. The average molecular weight is 402 g/mol. The second-order valence-corrected chi connectivity index (χ2v) is 7.35. The molecule has 0 radical (unpaired) electrons. The van der Waals surface area contributed by atoms with Gasteiger partial charge in [-0.25, -0.2) is 0 Å². The van der Waals surface area contributed by atoms with Crippen molar-refractivity contribution < 1.29 is 33.5 Å². The number of carbonyl (C=O) groups is 2. The van der Waals surface area contributed by atoms with Crippen molar-refractivity contribution in [2.75, 3.05) is 26.3 Å². The van der Waals surface area contributed by atoms with Crippen molar-refractivity contribution in [3.63, 3.8) is 0 Å². The molecular formula is C19H23BN2O7. The maximum atomic E-state index is 12.5. The van der Waals surface area contributed by atoms with Crippen LogP contribution in [0.2, 0.25) is 0 Å². The quantitative estimate of drug-likeness (QED) is 0.480. The maximum absolute atomic E-state index is 12.5. The lowest BCUT2D eigenvalue weighted by atomic mass is 9.76. The van der Waals surface area contributed by atoms with E-state index in [1.807, 2.05) is 18.2 Å². The number of carbonyl (C=O) groups excluding carboxylic acids is 2. The van der Waals surface area contributed by atoms with Crippen molar-refractivity contribution >= 4 is 29.9 Å². The number of likely N-dealkylation sites (tertiary alicyclic amines) is 1. The third-order valence-corrected chi connectivity index (χ3v) is 5.50. The number of nitrogens with one attached hydrogen (secondary N) is 1. The number of para-hydroxylation sites is 1. The number of fused-ring (bicyclic) bond motifs is 1. The fourth-order valence-electron chi connectivity index (χ4n) is 3.87. The maximum Gasteiger partial charge on any atom is 0.475 e. The molecule has 2 saturated heterocycles. The Morgan fingerprint density at radius 1 is 1.17 bits per heavy atom. The number of furan rings is 1. The smallest absolute Gasteiger partial charge is 0.464 e. The molecule has 10 heteroatoms. The molecule has 1 spiro atoms. The van der Waals surface area contributed by atoms with Crippen molar-refractivity contribution in [3.05, 3.63) is 36.1 Å². The molecule has 0 saturated carbocycles. The van der Waals surface area contributed by atoms with Gasteiger partial charge in [-0.3, -0.25) is 9.59 Å². The van der Waals surface area contributed by atoms with Crippen LogP contribution >= 0.6 is 0 Å². The first-order chi connectivity index (χ1) is 14.0. The van der Waals surface area contributed by atoms with Crippen LogP contribution in [0.3, 0.4) is 0 Å². The summed E-state index contributed by atoms with van der Waals surface area (Å²) in [6.45, 7) is 1.75. The van der Waals surface area contributed by atoms with Crippen molar-refractivity contribution in [2.45, 2.75) is 31.0 Å². The summed E-state index contributed by atoms with van der Waals surface area (Å²) in [5, 5.41) is 22.7. The number of rotatable bonds is 4. The molecule has 2 aromatic rings. The van der Waals surface area contributed by atoms with E-state index in [1.165, 1.54) is 11.2 Å². The zero-order valence-electron chi connectivity index (χ0n) is 15.9. The van der Waals surface area contributed by atoms with Gasteiger partial charge in [-0.1, -0.05) is 18.2 Å².